The number of unbranched alkanes of at least 4 members (excludes halogenated alkanes) is 3. The van der Waals surface area contributed by atoms with E-state index >= 15 is 0 Å². The summed E-state index contributed by atoms with van der Waals surface area (Å²) in [5.41, 5.74) is 0.646. The van der Waals surface area contributed by atoms with Gasteiger partial charge >= 0.3 is 0 Å². The van der Waals surface area contributed by atoms with Crippen molar-refractivity contribution < 1.29 is 26.3 Å². The molecule has 4 rings (SSSR count). The Labute approximate surface area is 205 Å². The van der Waals surface area contributed by atoms with Gasteiger partial charge in [0, 0.05) is 16.5 Å². The summed E-state index contributed by atoms with van der Waals surface area (Å²) < 4.78 is 85.0. The van der Waals surface area contributed by atoms with Gasteiger partial charge in [-0.05, 0) is 65.8 Å². The molecule has 0 heterocycles. The zero-order valence-electron chi connectivity index (χ0n) is 19.5. The lowest BCUT2D eigenvalue weighted by Gasteiger charge is -2.08. The van der Waals surface area contributed by atoms with Crippen molar-refractivity contribution in [2.75, 3.05) is 0 Å². The molecule has 0 nitrogen and oxygen atoms in total. The molecule has 4 aromatic rings. The van der Waals surface area contributed by atoms with E-state index in [-0.39, 0.29) is 27.5 Å². The van der Waals surface area contributed by atoms with Crippen LogP contribution in [0.5, 0.6) is 0 Å². The third-order valence-corrected chi connectivity index (χ3v) is 6.01. The summed E-state index contributed by atoms with van der Waals surface area (Å²) in [5.74, 6) is -1.83. The van der Waals surface area contributed by atoms with Crippen molar-refractivity contribution in [3.63, 3.8) is 0 Å². The summed E-state index contributed by atoms with van der Waals surface area (Å²) >= 11 is 0. The maximum atomic E-state index is 14.7. The summed E-state index contributed by atoms with van der Waals surface area (Å²) in [6.45, 7) is 2.11. The Morgan fingerprint density at radius 3 is 2.08 bits per heavy atom. The molecule has 0 bridgehead atoms. The zero-order chi connectivity index (χ0) is 25.8. The lowest BCUT2D eigenvalue weighted by molar-refractivity contribution is 0.453. The Morgan fingerprint density at radius 2 is 1.39 bits per heavy atom. The number of fused-ring (bicyclic) bond motifs is 1. The van der Waals surface area contributed by atoms with Gasteiger partial charge in [0.15, 0.2) is 17.5 Å². The van der Waals surface area contributed by atoms with E-state index in [0.717, 1.165) is 55.9 Å². The third-order valence-electron chi connectivity index (χ3n) is 6.01. The van der Waals surface area contributed by atoms with Crippen molar-refractivity contribution in [2.45, 2.75) is 39.0 Å². The van der Waals surface area contributed by atoms with Gasteiger partial charge in [-0.1, -0.05) is 56.2 Å². The molecule has 4 aromatic carbocycles. The molecule has 0 aliphatic rings. The zero-order valence-corrected chi connectivity index (χ0v) is 19.5. The Hall–Kier alpha value is -3.72. The second-order valence-electron chi connectivity index (χ2n) is 8.61. The lowest BCUT2D eigenvalue weighted by atomic mass is 9.99. The second kappa shape index (κ2) is 10.9. The van der Waals surface area contributed by atoms with E-state index in [4.69, 9.17) is 0 Å². The standard InChI is InChI=1S/C30H22F6/c1-2-3-4-5-6-18-7-10-22(25(31)14-18)21-15-26(32)24(27(33)16-21)12-9-19-8-11-23-20(13-19)17-28(34)30(36)29(23)35/h7-8,10-11,13-17H,2-6H2,1H3. The fourth-order valence-electron chi connectivity index (χ4n) is 4.07. The highest BCUT2D eigenvalue weighted by Gasteiger charge is 2.15. The number of aryl methyl sites for hydroxylation is 1. The minimum absolute atomic E-state index is 0.0456. The van der Waals surface area contributed by atoms with Crippen molar-refractivity contribution in [3.8, 4) is 23.0 Å². The van der Waals surface area contributed by atoms with E-state index in [2.05, 4.69) is 18.8 Å². The van der Waals surface area contributed by atoms with Gasteiger partial charge in [-0.15, -0.1) is 0 Å². The minimum Gasteiger partial charge on any atom is -0.206 e. The maximum absolute atomic E-state index is 14.7. The van der Waals surface area contributed by atoms with Gasteiger partial charge in [-0.25, -0.2) is 26.3 Å². The molecule has 36 heavy (non-hydrogen) atoms. The molecule has 184 valence electrons. The number of halogens is 6. The number of hydrogen-bond acceptors (Lipinski definition) is 0. The normalized spacial score (nSPS) is 11.0. The summed E-state index contributed by atoms with van der Waals surface area (Å²) in [6.07, 6.45) is 4.96. The van der Waals surface area contributed by atoms with Crippen LogP contribution in [0.25, 0.3) is 21.9 Å². The third kappa shape index (κ3) is 5.41. The summed E-state index contributed by atoms with van der Waals surface area (Å²) in [6, 6.07) is 11.3. The van der Waals surface area contributed by atoms with Crippen LogP contribution in [-0.4, -0.2) is 0 Å². The predicted octanol–water partition coefficient (Wildman–Crippen LogP) is 8.86. The molecule has 0 aromatic heterocycles. The molecular weight excluding hydrogens is 474 g/mol. The molecular formula is C30H22F6. The molecule has 0 amide bonds. The van der Waals surface area contributed by atoms with Crippen LogP contribution in [-0.2, 0) is 6.42 Å². The van der Waals surface area contributed by atoms with Crippen LogP contribution in [0.4, 0.5) is 26.3 Å². The van der Waals surface area contributed by atoms with E-state index in [1.54, 1.807) is 6.07 Å². The van der Waals surface area contributed by atoms with Crippen molar-refractivity contribution >= 4 is 10.8 Å². The van der Waals surface area contributed by atoms with E-state index in [1.165, 1.54) is 30.3 Å². The first-order valence-corrected chi connectivity index (χ1v) is 11.7. The minimum atomic E-state index is -1.58. The fraction of sp³-hybridized carbons (Fsp3) is 0.200. The average molecular weight is 496 g/mol. The Kier molecular flexibility index (Phi) is 7.69. The summed E-state index contributed by atoms with van der Waals surface area (Å²) in [7, 11) is 0. The Morgan fingerprint density at radius 1 is 0.639 bits per heavy atom. The molecule has 0 spiro atoms. The largest absolute Gasteiger partial charge is 0.206 e. The second-order valence-corrected chi connectivity index (χ2v) is 8.61. The highest BCUT2D eigenvalue weighted by atomic mass is 19.2. The first kappa shape index (κ1) is 25.4. The predicted molar refractivity (Wildman–Crippen MR) is 129 cm³/mol. The van der Waals surface area contributed by atoms with Gasteiger partial charge in [0.05, 0.1) is 5.56 Å². The molecule has 0 atom stereocenters. The number of hydrogen-bond donors (Lipinski definition) is 0. The van der Waals surface area contributed by atoms with Crippen LogP contribution in [0.3, 0.4) is 0 Å². The smallest absolute Gasteiger partial charge is 0.195 e. The molecule has 0 radical (unpaired) electrons. The molecule has 6 heteroatoms. The number of rotatable bonds is 6. The first-order valence-electron chi connectivity index (χ1n) is 11.7. The van der Waals surface area contributed by atoms with Crippen LogP contribution in [0, 0.1) is 46.7 Å². The Balaban J connectivity index is 1.59. The first-order chi connectivity index (χ1) is 17.3. The van der Waals surface area contributed by atoms with E-state index in [1.807, 2.05) is 0 Å². The van der Waals surface area contributed by atoms with Crippen molar-refractivity contribution in [1.82, 2.24) is 0 Å². The summed E-state index contributed by atoms with van der Waals surface area (Å²) in [5, 5.41) is -0.0889. The quantitative estimate of drug-likeness (QED) is 0.108. The molecule has 0 N–H and O–H groups in total. The maximum Gasteiger partial charge on any atom is 0.195 e. The van der Waals surface area contributed by atoms with Gasteiger partial charge in [-0.2, -0.15) is 0 Å². The SMILES string of the molecule is CCCCCCc1ccc(-c2cc(F)c(C#Cc3ccc4c(F)c(F)c(F)cc4c3)c(F)c2)c(F)c1. The topological polar surface area (TPSA) is 0 Å². The van der Waals surface area contributed by atoms with Gasteiger partial charge in [-0.3, -0.25) is 0 Å². The molecule has 0 saturated carbocycles. The van der Waals surface area contributed by atoms with Gasteiger partial charge < -0.3 is 0 Å². The van der Waals surface area contributed by atoms with E-state index in [9.17, 15) is 26.3 Å². The van der Waals surface area contributed by atoms with Gasteiger partial charge in [0.2, 0.25) is 0 Å². The fourth-order valence-corrected chi connectivity index (χ4v) is 4.07. The summed E-state index contributed by atoms with van der Waals surface area (Å²) in [4.78, 5) is 0. The van der Waals surface area contributed by atoms with Crippen molar-refractivity contribution in [3.05, 3.63) is 106 Å². The van der Waals surface area contributed by atoms with Gasteiger partial charge in [0.1, 0.15) is 17.5 Å². The van der Waals surface area contributed by atoms with E-state index < -0.39 is 40.5 Å². The Bertz CT molecular complexity index is 1470. The van der Waals surface area contributed by atoms with Gasteiger partial charge in [0.25, 0.3) is 0 Å². The van der Waals surface area contributed by atoms with Crippen LogP contribution in [0.1, 0.15) is 49.3 Å². The molecule has 0 aliphatic heterocycles. The van der Waals surface area contributed by atoms with Crippen LogP contribution in [0.2, 0.25) is 0 Å². The van der Waals surface area contributed by atoms with Crippen LogP contribution >= 0.6 is 0 Å². The monoisotopic (exact) mass is 496 g/mol. The van der Waals surface area contributed by atoms with Crippen molar-refractivity contribution in [1.29, 1.82) is 0 Å². The molecule has 0 saturated heterocycles. The highest BCUT2D eigenvalue weighted by Crippen LogP contribution is 2.28. The van der Waals surface area contributed by atoms with Crippen LogP contribution < -0.4 is 0 Å². The molecule has 0 fully saturated rings. The number of benzene rings is 4. The average Bonchev–Trinajstić information content (AvgIpc) is 2.84. The van der Waals surface area contributed by atoms with E-state index in [0.29, 0.717) is 0 Å². The van der Waals surface area contributed by atoms with Crippen LogP contribution in [0.15, 0.2) is 54.6 Å². The molecule has 0 aliphatic carbocycles. The molecule has 0 unspecified atom stereocenters. The van der Waals surface area contributed by atoms with Crippen molar-refractivity contribution in [2.24, 2.45) is 0 Å². The lowest BCUT2D eigenvalue weighted by Crippen LogP contribution is -1.95. The highest BCUT2D eigenvalue weighted by molar-refractivity contribution is 5.84.